The average molecular weight is 402 g/mol. The summed E-state index contributed by atoms with van der Waals surface area (Å²) in [5.74, 6) is 1.25. The Morgan fingerprint density at radius 3 is 2.50 bits per heavy atom. The Morgan fingerprint density at radius 2 is 1.77 bits per heavy atom. The van der Waals surface area contributed by atoms with Crippen LogP contribution in [0.5, 0.6) is 0 Å². The van der Waals surface area contributed by atoms with E-state index in [2.05, 4.69) is 64.2 Å². The van der Waals surface area contributed by atoms with Crippen molar-refractivity contribution in [3.05, 3.63) is 71.1 Å². The molecule has 1 aromatic heterocycles. The van der Waals surface area contributed by atoms with E-state index >= 15 is 0 Å². The van der Waals surface area contributed by atoms with Gasteiger partial charge in [0.15, 0.2) is 0 Å². The molecule has 4 rings (SSSR count). The van der Waals surface area contributed by atoms with Gasteiger partial charge in [0.1, 0.15) is 0 Å². The second kappa shape index (κ2) is 9.21. The lowest BCUT2D eigenvalue weighted by Gasteiger charge is -2.25. The van der Waals surface area contributed by atoms with Crippen LogP contribution in [0, 0.1) is 18.3 Å². The number of nitriles is 1. The summed E-state index contributed by atoms with van der Waals surface area (Å²) in [5.41, 5.74) is 4.12. The number of hydrogen-bond acceptors (Lipinski definition) is 6. The first-order chi connectivity index (χ1) is 14.6. The molecule has 0 spiro atoms. The molecule has 3 aromatic rings. The number of aryl methyl sites for hydroxylation is 1. The lowest BCUT2D eigenvalue weighted by Crippen LogP contribution is -2.32. The molecule has 0 amide bonds. The predicted molar refractivity (Wildman–Crippen MR) is 116 cm³/mol. The summed E-state index contributed by atoms with van der Waals surface area (Å²) in [6, 6.07) is 18.3. The van der Waals surface area contributed by atoms with Gasteiger partial charge in [-0.25, -0.2) is 0 Å². The summed E-state index contributed by atoms with van der Waals surface area (Å²) in [4.78, 5) is 4.89. The van der Waals surface area contributed by atoms with Gasteiger partial charge in [-0.15, -0.1) is 10.2 Å². The van der Waals surface area contributed by atoms with E-state index in [0.29, 0.717) is 17.3 Å². The van der Waals surface area contributed by atoms with Gasteiger partial charge in [-0.2, -0.15) is 5.26 Å². The highest BCUT2D eigenvalue weighted by atomic mass is 16.4. The summed E-state index contributed by atoms with van der Waals surface area (Å²) in [6.07, 6.45) is 1.10. The Morgan fingerprint density at radius 1 is 1.00 bits per heavy atom. The number of benzene rings is 2. The molecule has 2 heterocycles. The molecule has 0 radical (unpaired) electrons. The van der Waals surface area contributed by atoms with Crippen molar-refractivity contribution in [1.82, 2.24) is 20.0 Å². The van der Waals surface area contributed by atoms with Gasteiger partial charge in [0, 0.05) is 31.7 Å². The van der Waals surface area contributed by atoms with Crippen molar-refractivity contribution in [1.29, 1.82) is 5.26 Å². The summed E-state index contributed by atoms with van der Waals surface area (Å²) in [6.45, 7) is 9.13. The summed E-state index contributed by atoms with van der Waals surface area (Å²) in [5, 5.41) is 17.5. The highest BCUT2D eigenvalue weighted by molar-refractivity contribution is 5.52. The number of nitrogens with zero attached hydrogens (tertiary/aromatic N) is 5. The zero-order chi connectivity index (χ0) is 20.9. The maximum absolute atomic E-state index is 8.96. The molecule has 6 nitrogen and oxygen atoms in total. The van der Waals surface area contributed by atoms with Gasteiger partial charge in [-0.1, -0.05) is 29.8 Å². The molecule has 1 aliphatic rings. The van der Waals surface area contributed by atoms with Crippen LogP contribution in [0.15, 0.2) is 52.9 Å². The minimum absolute atomic E-state index is 0.0894. The van der Waals surface area contributed by atoms with Crippen molar-refractivity contribution < 1.29 is 4.42 Å². The van der Waals surface area contributed by atoms with Crippen molar-refractivity contribution in [3.63, 3.8) is 0 Å². The van der Waals surface area contributed by atoms with Crippen LogP contribution in [0.25, 0.3) is 11.5 Å². The largest absolute Gasteiger partial charge is 0.419 e. The first-order valence-corrected chi connectivity index (χ1v) is 10.5. The molecule has 30 heavy (non-hydrogen) atoms. The molecule has 1 fully saturated rings. The minimum atomic E-state index is 0.0894. The molecule has 0 bridgehead atoms. The number of aromatic nitrogens is 2. The Labute approximate surface area is 177 Å². The molecule has 2 aromatic carbocycles. The highest BCUT2D eigenvalue weighted by Gasteiger charge is 2.24. The Kier molecular flexibility index (Phi) is 6.22. The van der Waals surface area contributed by atoms with Crippen LogP contribution in [0.1, 0.15) is 42.0 Å². The molecule has 1 saturated heterocycles. The zero-order valence-electron chi connectivity index (χ0n) is 17.6. The topological polar surface area (TPSA) is 69.2 Å². The molecule has 1 aliphatic heterocycles. The average Bonchev–Trinajstić information content (AvgIpc) is 3.15. The fourth-order valence-electron chi connectivity index (χ4n) is 3.85. The normalized spacial score (nSPS) is 16.7. The van der Waals surface area contributed by atoms with E-state index in [0.717, 1.165) is 44.7 Å². The van der Waals surface area contributed by atoms with E-state index in [1.807, 2.05) is 24.3 Å². The van der Waals surface area contributed by atoms with Gasteiger partial charge in [0.2, 0.25) is 11.8 Å². The zero-order valence-corrected chi connectivity index (χ0v) is 17.6. The van der Waals surface area contributed by atoms with Crippen molar-refractivity contribution >= 4 is 0 Å². The summed E-state index contributed by atoms with van der Waals surface area (Å²) < 4.78 is 6.01. The molecule has 6 heteroatoms. The highest BCUT2D eigenvalue weighted by Crippen LogP contribution is 2.25. The predicted octanol–water partition coefficient (Wildman–Crippen LogP) is 4.19. The van der Waals surface area contributed by atoms with Gasteiger partial charge in [0.25, 0.3) is 0 Å². The van der Waals surface area contributed by atoms with E-state index in [-0.39, 0.29) is 6.04 Å². The van der Waals surface area contributed by atoms with Crippen molar-refractivity contribution in [2.45, 2.75) is 32.9 Å². The monoisotopic (exact) mass is 401 g/mol. The van der Waals surface area contributed by atoms with Crippen LogP contribution in [-0.4, -0.2) is 46.2 Å². The van der Waals surface area contributed by atoms with Crippen LogP contribution in [0.4, 0.5) is 0 Å². The number of hydrogen-bond donors (Lipinski definition) is 0. The van der Waals surface area contributed by atoms with Gasteiger partial charge >= 0.3 is 0 Å². The molecule has 0 aliphatic carbocycles. The molecule has 1 unspecified atom stereocenters. The van der Waals surface area contributed by atoms with Crippen molar-refractivity contribution in [3.8, 4) is 17.5 Å². The Hall–Kier alpha value is -3.01. The van der Waals surface area contributed by atoms with Gasteiger partial charge in [-0.3, -0.25) is 9.80 Å². The van der Waals surface area contributed by atoms with Crippen LogP contribution in [0.3, 0.4) is 0 Å². The molecular weight excluding hydrogens is 374 g/mol. The number of rotatable bonds is 5. The molecule has 1 atom stereocenters. The first kappa shape index (κ1) is 20.3. The minimum Gasteiger partial charge on any atom is -0.419 e. The molecule has 154 valence electrons. The Balaban J connectivity index is 1.37. The standard InChI is InChI=1S/C24H27N5O/c1-18-4-10-22(11-5-18)24-27-26-23(30-24)19(2)29-13-3-12-28(14-15-29)17-21-8-6-20(16-25)7-9-21/h4-11,19H,3,12-15,17H2,1-2H3. The maximum atomic E-state index is 8.96. The summed E-state index contributed by atoms with van der Waals surface area (Å²) >= 11 is 0. The fraction of sp³-hybridized carbons (Fsp3) is 0.375. The third-order valence-electron chi connectivity index (χ3n) is 5.76. The van der Waals surface area contributed by atoms with Crippen LogP contribution >= 0.6 is 0 Å². The fourth-order valence-corrected chi connectivity index (χ4v) is 3.85. The van der Waals surface area contributed by atoms with E-state index in [9.17, 15) is 0 Å². The quantitative estimate of drug-likeness (QED) is 0.639. The lowest BCUT2D eigenvalue weighted by molar-refractivity contribution is 0.184. The second-order valence-corrected chi connectivity index (χ2v) is 7.96. The van der Waals surface area contributed by atoms with Crippen LogP contribution in [0.2, 0.25) is 0 Å². The molecular formula is C24H27N5O. The Bertz CT molecular complexity index is 1000. The third-order valence-corrected chi connectivity index (χ3v) is 5.76. The van der Waals surface area contributed by atoms with Gasteiger partial charge in [0.05, 0.1) is 17.7 Å². The third kappa shape index (κ3) is 4.76. The molecule has 0 saturated carbocycles. The molecule has 0 N–H and O–H groups in total. The van der Waals surface area contributed by atoms with E-state index in [1.54, 1.807) is 0 Å². The van der Waals surface area contributed by atoms with E-state index in [1.165, 1.54) is 11.1 Å². The van der Waals surface area contributed by atoms with Crippen LogP contribution in [-0.2, 0) is 6.54 Å². The van der Waals surface area contributed by atoms with Crippen molar-refractivity contribution in [2.24, 2.45) is 0 Å². The first-order valence-electron chi connectivity index (χ1n) is 10.5. The van der Waals surface area contributed by atoms with E-state index in [4.69, 9.17) is 9.68 Å². The summed E-state index contributed by atoms with van der Waals surface area (Å²) in [7, 11) is 0. The maximum Gasteiger partial charge on any atom is 0.247 e. The van der Waals surface area contributed by atoms with Gasteiger partial charge < -0.3 is 4.42 Å². The van der Waals surface area contributed by atoms with Gasteiger partial charge in [-0.05, 0) is 56.6 Å². The van der Waals surface area contributed by atoms with Crippen molar-refractivity contribution in [2.75, 3.05) is 26.2 Å². The smallest absolute Gasteiger partial charge is 0.247 e. The van der Waals surface area contributed by atoms with E-state index < -0.39 is 0 Å². The SMILES string of the molecule is Cc1ccc(-c2nnc(C(C)N3CCCN(Cc4ccc(C#N)cc4)CC3)o2)cc1. The van der Waals surface area contributed by atoms with Crippen LogP contribution < -0.4 is 0 Å². The second-order valence-electron chi connectivity index (χ2n) is 7.96. The lowest BCUT2D eigenvalue weighted by atomic mass is 10.1.